The van der Waals surface area contributed by atoms with Crippen molar-refractivity contribution in [2.45, 2.75) is 201 Å². The molecule has 2 nitrogen and oxygen atoms in total. The lowest BCUT2D eigenvalue weighted by molar-refractivity contribution is 0.258. The summed E-state index contributed by atoms with van der Waals surface area (Å²) in [6.07, 6.45) is 38.9. The van der Waals surface area contributed by atoms with Crippen LogP contribution in [0, 0.1) is 6.92 Å². The molecule has 41 heavy (non-hydrogen) atoms. The average molecular weight is 573 g/mol. The third kappa shape index (κ3) is 25.1. The molecule has 0 amide bonds. The minimum atomic E-state index is 0.802. The van der Waals surface area contributed by atoms with Gasteiger partial charge in [-0.3, -0.25) is 0 Å². The van der Waals surface area contributed by atoms with E-state index in [4.69, 9.17) is 9.47 Å². The molecule has 0 aliphatic rings. The van der Waals surface area contributed by atoms with Gasteiger partial charge in [-0.05, 0) is 37.5 Å². The van der Waals surface area contributed by atoms with Crippen molar-refractivity contribution in [1.82, 2.24) is 0 Å². The Labute approximate surface area is 258 Å². The fourth-order valence-electron chi connectivity index (χ4n) is 5.80. The highest BCUT2D eigenvalue weighted by Crippen LogP contribution is 2.29. The topological polar surface area (TPSA) is 18.5 Å². The fraction of sp³-hybridized carbons (Fsp3) is 0.846. The number of hydrogen-bond acceptors (Lipinski definition) is 2. The van der Waals surface area contributed by atoms with E-state index in [1.807, 2.05) is 0 Å². The van der Waals surface area contributed by atoms with Gasteiger partial charge in [-0.25, -0.2) is 0 Å². The first-order valence-corrected chi connectivity index (χ1v) is 18.6. The summed E-state index contributed by atoms with van der Waals surface area (Å²) >= 11 is 0. The van der Waals surface area contributed by atoms with Gasteiger partial charge in [-0.2, -0.15) is 0 Å². The summed E-state index contributed by atoms with van der Waals surface area (Å²) in [4.78, 5) is 0. The van der Waals surface area contributed by atoms with Gasteiger partial charge in [0.05, 0.1) is 13.2 Å². The lowest BCUT2D eigenvalue weighted by atomic mass is 10.0. The van der Waals surface area contributed by atoms with Crippen LogP contribution in [0.2, 0.25) is 0 Å². The lowest BCUT2D eigenvalue weighted by Gasteiger charge is -2.13. The minimum absolute atomic E-state index is 0.802. The second-order valence-corrected chi connectivity index (χ2v) is 12.8. The third-order valence-electron chi connectivity index (χ3n) is 8.61. The van der Waals surface area contributed by atoms with E-state index in [-0.39, 0.29) is 0 Å². The first kappa shape index (κ1) is 37.8. The first-order valence-electron chi connectivity index (χ1n) is 18.6. The van der Waals surface area contributed by atoms with E-state index in [9.17, 15) is 0 Å². The van der Waals surface area contributed by atoms with Gasteiger partial charge in [0.1, 0.15) is 0 Å². The predicted octanol–water partition coefficient (Wildman–Crippen LogP) is 13.7. The number of rotatable bonds is 32. The van der Waals surface area contributed by atoms with Crippen molar-refractivity contribution in [2.75, 3.05) is 13.2 Å². The molecule has 0 radical (unpaired) electrons. The molecule has 240 valence electrons. The van der Waals surface area contributed by atoms with Gasteiger partial charge in [-0.15, -0.1) is 0 Å². The van der Waals surface area contributed by atoms with Crippen LogP contribution in [0.4, 0.5) is 0 Å². The van der Waals surface area contributed by atoms with Gasteiger partial charge in [0, 0.05) is 0 Å². The lowest BCUT2D eigenvalue weighted by Crippen LogP contribution is -2.03. The van der Waals surface area contributed by atoms with Crippen molar-refractivity contribution in [1.29, 1.82) is 0 Å². The maximum Gasteiger partial charge on any atom is 0.161 e. The standard InChI is InChI=1S/C39H72O2/c1-4-6-8-10-12-14-16-18-20-22-24-26-28-30-34-40-38-33-32-37(3)36-39(38)41-35-31-29-27-25-23-21-19-17-15-13-11-9-7-5-2/h32-33,36H,4-31,34-35H2,1-3H3. The molecule has 0 heterocycles. The molecule has 0 atom stereocenters. The van der Waals surface area contributed by atoms with Crippen LogP contribution < -0.4 is 9.47 Å². The third-order valence-corrected chi connectivity index (χ3v) is 8.61. The van der Waals surface area contributed by atoms with E-state index in [0.29, 0.717) is 0 Å². The molecule has 0 aromatic heterocycles. The number of benzene rings is 1. The maximum atomic E-state index is 6.17. The Hall–Kier alpha value is -1.18. The Kier molecular flexibility index (Phi) is 28.0. The summed E-state index contributed by atoms with van der Waals surface area (Å²) in [5.74, 6) is 1.86. The highest BCUT2D eigenvalue weighted by molar-refractivity contribution is 5.42. The zero-order valence-corrected chi connectivity index (χ0v) is 28.3. The van der Waals surface area contributed by atoms with Crippen LogP contribution in [0.5, 0.6) is 11.5 Å². The van der Waals surface area contributed by atoms with E-state index < -0.39 is 0 Å². The van der Waals surface area contributed by atoms with E-state index in [0.717, 1.165) is 37.6 Å². The molecule has 0 spiro atoms. The van der Waals surface area contributed by atoms with Crippen LogP contribution in [0.25, 0.3) is 0 Å². The summed E-state index contributed by atoms with van der Waals surface area (Å²) < 4.78 is 12.3. The quantitative estimate of drug-likeness (QED) is 0.0799. The smallest absolute Gasteiger partial charge is 0.161 e. The molecule has 1 aromatic carbocycles. The normalized spacial score (nSPS) is 11.3. The number of hydrogen-bond donors (Lipinski definition) is 0. The highest BCUT2D eigenvalue weighted by Gasteiger charge is 2.06. The molecule has 0 aliphatic carbocycles. The molecule has 0 bridgehead atoms. The predicted molar refractivity (Wildman–Crippen MR) is 183 cm³/mol. The zero-order chi connectivity index (χ0) is 29.5. The Morgan fingerprint density at radius 1 is 0.366 bits per heavy atom. The van der Waals surface area contributed by atoms with Crippen molar-refractivity contribution < 1.29 is 9.47 Å². The van der Waals surface area contributed by atoms with Gasteiger partial charge in [0.2, 0.25) is 0 Å². The average Bonchev–Trinajstić information content (AvgIpc) is 2.98. The van der Waals surface area contributed by atoms with E-state index in [2.05, 4.69) is 39.0 Å². The molecular weight excluding hydrogens is 500 g/mol. The molecule has 0 fully saturated rings. The van der Waals surface area contributed by atoms with Gasteiger partial charge >= 0.3 is 0 Å². The van der Waals surface area contributed by atoms with Gasteiger partial charge < -0.3 is 9.47 Å². The number of aryl methyl sites for hydroxylation is 1. The van der Waals surface area contributed by atoms with Crippen LogP contribution >= 0.6 is 0 Å². The van der Waals surface area contributed by atoms with Crippen molar-refractivity contribution in [2.24, 2.45) is 0 Å². The molecular formula is C39H72O2. The Morgan fingerprint density at radius 3 is 1.00 bits per heavy atom. The minimum Gasteiger partial charge on any atom is -0.490 e. The summed E-state index contributed by atoms with van der Waals surface area (Å²) in [6, 6.07) is 6.38. The second-order valence-electron chi connectivity index (χ2n) is 12.8. The molecule has 0 saturated heterocycles. The van der Waals surface area contributed by atoms with Crippen molar-refractivity contribution in [3.63, 3.8) is 0 Å². The van der Waals surface area contributed by atoms with Crippen molar-refractivity contribution in [3.8, 4) is 11.5 Å². The van der Waals surface area contributed by atoms with E-state index in [1.165, 1.54) is 173 Å². The van der Waals surface area contributed by atoms with Crippen molar-refractivity contribution in [3.05, 3.63) is 23.8 Å². The molecule has 1 aromatic rings. The SMILES string of the molecule is CCCCCCCCCCCCCCCCOc1ccc(C)cc1OCCCCCCCCCCCCCCCC. The van der Waals surface area contributed by atoms with Gasteiger partial charge in [-0.1, -0.05) is 187 Å². The summed E-state index contributed by atoms with van der Waals surface area (Å²) in [7, 11) is 0. The monoisotopic (exact) mass is 573 g/mol. The number of ether oxygens (including phenoxy) is 2. The largest absolute Gasteiger partial charge is 0.490 e. The van der Waals surface area contributed by atoms with Crippen LogP contribution in [0.1, 0.15) is 199 Å². The molecule has 2 heteroatoms. The second kappa shape index (κ2) is 30.3. The molecule has 0 unspecified atom stereocenters. The molecule has 0 aliphatic heterocycles. The zero-order valence-electron chi connectivity index (χ0n) is 28.3. The van der Waals surface area contributed by atoms with Crippen LogP contribution in [-0.2, 0) is 0 Å². The van der Waals surface area contributed by atoms with E-state index >= 15 is 0 Å². The van der Waals surface area contributed by atoms with Crippen LogP contribution in [0.3, 0.4) is 0 Å². The summed E-state index contributed by atoms with van der Waals surface area (Å²) in [5, 5.41) is 0. The van der Waals surface area contributed by atoms with Crippen LogP contribution in [0.15, 0.2) is 18.2 Å². The summed E-state index contributed by atoms with van der Waals surface area (Å²) in [6.45, 7) is 8.33. The Morgan fingerprint density at radius 2 is 0.659 bits per heavy atom. The molecule has 0 saturated carbocycles. The van der Waals surface area contributed by atoms with Crippen molar-refractivity contribution >= 4 is 0 Å². The first-order chi connectivity index (χ1) is 20.3. The molecule has 1 rings (SSSR count). The van der Waals surface area contributed by atoms with Gasteiger partial charge in [0.15, 0.2) is 11.5 Å². The highest BCUT2D eigenvalue weighted by atomic mass is 16.5. The number of unbranched alkanes of at least 4 members (excludes halogenated alkanes) is 26. The molecule has 0 N–H and O–H groups in total. The Bertz CT molecular complexity index is 655. The maximum absolute atomic E-state index is 6.17. The van der Waals surface area contributed by atoms with E-state index in [1.54, 1.807) is 0 Å². The van der Waals surface area contributed by atoms with Gasteiger partial charge in [0.25, 0.3) is 0 Å². The fourth-order valence-corrected chi connectivity index (χ4v) is 5.80. The Balaban J connectivity index is 1.96. The summed E-state index contributed by atoms with van der Waals surface area (Å²) in [5.41, 5.74) is 1.24. The van der Waals surface area contributed by atoms with Crippen LogP contribution in [-0.4, -0.2) is 13.2 Å².